The van der Waals surface area contributed by atoms with Crippen molar-refractivity contribution in [3.63, 3.8) is 0 Å². The third kappa shape index (κ3) is 3.69. The third-order valence-electron chi connectivity index (χ3n) is 6.28. The van der Waals surface area contributed by atoms with E-state index < -0.39 is 17.4 Å². The molecule has 0 bridgehead atoms. The fraction of sp³-hybridized carbons (Fsp3) is 0.391. The lowest BCUT2D eigenvalue weighted by Gasteiger charge is -2.27. The van der Waals surface area contributed by atoms with Crippen LogP contribution in [0.3, 0.4) is 0 Å². The molecule has 0 amide bonds. The zero-order chi connectivity index (χ0) is 24.0. The molecule has 1 aliphatic rings. The van der Waals surface area contributed by atoms with E-state index in [1.54, 1.807) is 25.3 Å². The monoisotopic (exact) mass is 473 g/mol. The van der Waals surface area contributed by atoms with Crippen LogP contribution in [-0.2, 0) is 10.9 Å². The van der Waals surface area contributed by atoms with Gasteiger partial charge in [-0.25, -0.2) is 4.98 Å². The highest BCUT2D eigenvalue weighted by Gasteiger charge is 2.39. The van der Waals surface area contributed by atoms with E-state index in [9.17, 15) is 18.0 Å². The average molecular weight is 473 g/mol. The number of halogens is 3. The topological polar surface area (TPSA) is 98.3 Å². The number of H-pyrrole nitrogens is 1. The summed E-state index contributed by atoms with van der Waals surface area (Å²) in [6.07, 6.45) is -1.11. The lowest BCUT2D eigenvalue weighted by molar-refractivity contribution is -0.140. The number of benzene rings is 1. The molecule has 0 spiro atoms. The second kappa shape index (κ2) is 8.39. The van der Waals surface area contributed by atoms with E-state index in [0.29, 0.717) is 5.89 Å². The molecule has 8 nitrogen and oxygen atoms in total. The fourth-order valence-electron chi connectivity index (χ4n) is 4.65. The Labute approximate surface area is 191 Å². The van der Waals surface area contributed by atoms with Crippen LogP contribution in [0.5, 0.6) is 0 Å². The first-order chi connectivity index (χ1) is 16.3. The Morgan fingerprint density at radius 2 is 1.85 bits per heavy atom. The van der Waals surface area contributed by atoms with E-state index in [2.05, 4.69) is 20.3 Å². The van der Waals surface area contributed by atoms with Crippen LogP contribution < -0.4 is 5.56 Å². The second-order valence-electron chi connectivity index (χ2n) is 8.37. The van der Waals surface area contributed by atoms with Gasteiger partial charge >= 0.3 is 6.18 Å². The van der Waals surface area contributed by atoms with Crippen LogP contribution in [0.1, 0.15) is 48.9 Å². The molecule has 3 aromatic heterocycles. The molecule has 1 aromatic carbocycles. The summed E-state index contributed by atoms with van der Waals surface area (Å²) in [6, 6.07) is 8.01. The normalized spacial score (nSPS) is 19.1. The maximum Gasteiger partial charge on any atom is 0.433 e. The molecule has 0 saturated heterocycles. The number of rotatable bonds is 4. The van der Waals surface area contributed by atoms with Crippen molar-refractivity contribution in [3.8, 4) is 22.6 Å². The summed E-state index contributed by atoms with van der Waals surface area (Å²) in [5, 5.41) is 10.4. The van der Waals surface area contributed by atoms with Gasteiger partial charge in [0.1, 0.15) is 11.3 Å². The molecule has 2 atom stereocenters. The Morgan fingerprint density at radius 3 is 2.56 bits per heavy atom. The zero-order valence-electron chi connectivity index (χ0n) is 18.5. The first-order valence-electron chi connectivity index (χ1n) is 10.9. The average Bonchev–Trinajstić information content (AvgIpc) is 3.45. The molecule has 178 valence electrons. The van der Waals surface area contributed by atoms with E-state index in [4.69, 9.17) is 9.15 Å². The lowest BCUT2D eigenvalue weighted by Crippen LogP contribution is -2.25. The van der Waals surface area contributed by atoms with Crippen molar-refractivity contribution >= 4 is 5.65 Å². The third-order valence-corrected chi connectivity index (χ3v) is 6.28. The summed E-state index contributed by atoms with van der Waals surface area (Å²) in [5.74, 6) is 0.161. The van der Waals surface area contributed by atoms with E-state index >= 15 is 0 Å². The minimum absolute atomic E-state index is 0.0457. The molecule has 1 aliphatic carbocycles. The molecule has 1 saturated carbocycles. The van der Waals surface area contributed by atoms with Crippen molar-refractivity contribution in [2.45, 2.75) is 50.8 Å². The Kier molecular flexibility index (Phi) is 5.51. The number of aromatic nitrogens is 5. The van der Waals surface area contributed by atoms with Crippen LogP contribution in [0, 0.1) is 6.92 Å². The molecule has 5 rings (SSSR count). The molecule has 34 heavy (non-hydrogen) atoms. The lowest BCUT2D eigenvalue weighted by atomic mass is 9.86. The van der Waals surface area contributed by atoms with Gasteiger partial charge in [0.15, 0.2) is 5.65 Å². The number of aromatic amines is 1. The van der Waals surface area contributed by atoms with Crippen LogP contribution in [0.2, 0.25) is 0 Å². The summed E-state index contributed by atoms with van der Waals surface area (Å²) in [7, 11) is 1.63. The number of fused-ring (bicyclic) bond motifs is 1. The van der Waals surface area contributed by atoms with E-state index in [1.165, 1.54) is 19.1 Å². The first kappa shape index (κ1) is 22.3. The largest absolute Gasteiger partial charge is 0.433 e. The van der Waals surface area contributed by atoms with Gasteiger partial charge in [0.25, 0.3) is 11.4 Å². The van der Waals surface area contributed by atoms with Crippen LogP contribution in [0.15, 0.2) is 39.5 Å². The number of hydrogen-bond donors (Lipinski definition) is 1. The molecule has 0 unspecified atom stereocenters. The number of aryl methyl sites for hydroxylation is 1. The van der Waals surface area contributed by atoms with Crippen LogP contribution in [0.25, 0.3) is 28.2 Å². The predicted molar refractivity (Wildman–Crippen MR) is 116 cm³/mol. The predicted octanol–water partition coefficient (Wildman–Crippen LogP) is 4.74. The Morgan fingerprint density at radius 1 is 1.12 bits per heavy atom. The quantitative estimate of drug-likeness (QED) is 0.460. The SMILES string of the molecule is CO[C@@H]1CCCC[C@H]1c1nnc(-c2c(C)nc3c(-c4ccccc4)c(C(F)(F)F)[nH]n3c2=O)o1. The van der Waals surface area contributed by atoms with Crippen molar-refractivity contribution in [3.05, 3.63) is 58.0 Å². The molecule has 11 heteroatoms. The van der Waals surface area contributed by atoms with Crippen LogP contribution in [-0.4, -0.2) is 38.0 Å². The molecule has 0 radical (unpaired) electrons. The minimum atomic E-state index is -4.73. The smallest absolute Gasteiger partial charge is 0.420 e. The summed E-state index contributed by atoms with van der Waals surface area (Å²) in [4.78, 5) is 17.7. The van der Waals surface area contributed by atoms with Crippen LogP contribution >= 0.6 is 0 Å². The Bertz CT molecular complexity index is 1390. The molecule has 1 N–H and O–H groups in total. The summed E-state index contributed by atoms with van der Waals surface area (Å²) in [5.41, 5.74) is -1.70. The fourth-order valence-corrected chi connectivity index (χ4v) is 4.65. The molecule has 4 aromatic rings. The van der Waals surface area contributed by atoms with E-state index in [1.807, 2.05) is 0 Å². The second-order valence-corrected chi connectivity index (χ2v) is 8.37. The summed E-state index contributed by atoms with van der Waals surface area (Å²) < 4.78 is 53.8. The number of nitrogens with zero attached hydrogens (tertiary/aromatic N) is 4. The summed E-state index contributed by atoms with van der Waals surface area (Å²) >= 11 is 0. The van der Waals surface area contributed by atoms with Crippen molar-refractivity contribution in [2.75, 3.05) is 7.11 Å². The zero-order valence-corrected chi connectivity index (χ0v) is 18.5. The van der Waals surface area contributed by atoms with Gasteiger partial charge in [-0.1, -0.05) is 43.2 Å². The maximum atomic E-state index is 13.9. The highest BCUT2D eigenvalue weighted by Crippen LogP contribution is 2.39. The highest BCUT2D eigenvalue weighted by atomic mass is 19.4. The maximum absolute atomic E-state index is 13.9. The summed E-state index contributed by atoms with van der Waals surface area (Å²) in [6.45, 7) is 1.54. The Hall–Kier alpha value is -3.47. The van der Waals surface area contributed by atoms with Crippen molar-refractivity contribution in [2.24, 2.45) is 0 Å². The van der Waals surface area contributed by atoms with Gasteiger partial charge in [0.05, 0.1) is 23.3 Å². The number of nitrogens with one attached hydrogen (secondary N) is 1. The van der Waals surface area contributed by atoms with Gasteiger partial charge in [-0.3, -0.25) is 9.89 Å². The van der Waals surface area contributed by atoms with Gasteiger partial charge in [-0.2, -0.15) is 17.7 Å². The first-order valence-corrected chi connectivity index (χ1v) is 10.9. The number of alkyl halides is 3. The van der Waals surface area contributed by atoms with Crippen molar-refractivity contribution in [1.82, 2.24) is 24.8 Å². The van der Waals surface area contributed by atoms with Gasteiger partial charge in [0.2, 0.25) is 5.89 Å². The molecule has 1 fully saturated rings. The van der Waals surface area contributed by atoms with Gasteiger partial charge in [-0.05, 0) is 25.3 Å². The highest BCUT2D eigenvalue weighted by molar-refractivity contribution is 5.81. The number of ether oxygens (including phenoxy) is 1. The van der Waals surface area contributed by atoms with Gasteiger partial charge in [-0.15, -0.1) is 10.2 Å². The van der Waals surface area contributed by atoms with Gasteiger partial charge in [0, 0.05) is 7.11 Å². The number of hydrogen-bond acceptors (Lipinski definition) is 6. The standard InChI is InChI=1S/C23H22F3N5O3/c1-12-16(21-29-28-20(34-21)14-10-6-7-11-15(14)33-2)22(32)31-19(27-12)17(13-8-4-3-5-9-13)18(30-31)23(24,25)26/h3-5,8-9,14-15,30H,6-7,10-11H2,1-2H3/t14-,15-/m1/s1. The molecular weight excluding hydrogens is 451 g/mol. The van der Waals surface area contributed by atoms with E-state index in [0.717, 1.165) is 30.2 Å². The number of methoxy groups -OCH3 is 1. The molecule has 3 heterocycles. The molecule has 0 aliphatic heterocycles. The Balaban J connectivity index is 1.67. The van der Waals surface area contributed by atoms with Crippen LogP contribution in [0.4, 0.5) is 13.2 Å². The van der Waals surface area contributed by atoms with E-state index in [-0.39, 0.29) is 45.9 Å². The minimum Gasteiger partial charge on any atom is -0.420 e. The van der Waals surface area contributed by atoms with Crippen molar-refractivity contribution in [1.29, 1.82) is 0 Å². The molecular formula is C23H22F3N5O3. The van der Waals surface area contributed by atoms with Gasteiger partial charge < -0.3 is 9.15 Å². The van der Waals surface area contributed by atoms with Crippen molar-refractivity contribution < 1.29 is 22.3 Å².